The minimum atomic E-state index is -4.02. The summed E-state index contributed by atoms with van der Waals surface area (Å²) in [6, 6.07) is 23.5. The van der Waals surface area contributed by atoms with Gasteiger partial charge in [0.15, 0.2) is 6.73 Å². The number of carbonyl (C=O) groups excluding carboxylic acids is 2. The minimum absolute atomic E-state index is 0.0177. The Hall–Kier alpha value is -4.48. The fourth-order valence-electron chi connectivity index (χ4n) is 5.63. The van der Waals surface area contributed by atoms with E-state index in [0.717, 1.165) is 5.56 Å². The van der Waals surface area contributed by atoms with Crippen LogP contribution in [0.2, 0.25) is 0 Å². The molecular formula is C31H29N3O7S. The number of hydrogen-bond donors (Lipinski definition) is 1. The summed E-state index contributed by atoms with van der Waals surface area (Å²) < 4.78 is 41.4. The van der Waals surface area contributed by atoms with Crippen molar-refractivity contribution in [3.8, 4) is 0 Å². The van der Waals surface area contributed by atoms with Crippen LogP contribution < -0.4 is 10.9 Å². The molecule has 1 atom stereocenters. The number of nitrogens with zero attached hydrogens (tertiary/aromatic N) is 2. The third-order valence-corrected chi connectivity index (χ3v) is 9.96. The van der Waals surface area contributed by atoms with Gasteiger partial charge in [0.05, 0.1) is 22.0 Å². The van der Waals surface area contributed by atoms with E-state index >= 15 is 0 Å². The lowest BCUT2D eigenvalue weighted by molar-refractivity contribution is 0.0367. The van der Waals surface area contributed by atoms with Crippen LogP contribution in [-0.4, -0.2) is 47.5 Å². The van der Waals surface area contributed by atoms with E-state index in [4.69, 9.17) is 9.47 Å². The molecule has 42 heavy (non-hydrogen) atoms. The number of aromatic nitrogens is 1. The molecule has 10 nitrogen and oxygen atoms in total. The topological polar surface area (TPSA) is 124 Å². The second kappa shape index (κ2) is 11.1. The van der Waals surface area contributed by atoms with Crippen molar-refractivity contribution in [1.82, 2.24) is 14.2 Å². The van der Waals surface area contributed by atoms with Gasteiger partial charge in [-0.3, -0.25) is 9.36 Å². The Balaban J connectivity index is 1.19. The van der Waals surface area contributed by atoms with Crippen molar-refractivity contribution in [2.24, 2.45) is 0 Å². The number of alkyl carbamates (subject to hydrolysis) is 1. The van der Waals surface area contributed by atoms with Crippen molar-refractivity contribution in [2.75, 3.05) is 6.54 Å². The summed E-state index contributed by atoms with van der Waals surface area (Å²) >= 11 is 0. The summed E-state index contributed by atoms with van der Waals surface area (Å²) in [4.78, 5) is 38.2. The number of carbonyl (C=O) groups is 2. The van der Waals surface area contributed by atoms with Gasteiger partial charge in [-0.25, -0.2) is 18.0 Å². The number of amides is 1. The lowest BCUT2D eigenvalue weighted by atomic mass is 10.1. The van der Waals surface area contributed by atoms with E-state index in [1.54, 1.807) is 42.5 Å². The van der Waals surface area contributed by atoms with Gasteiger partial charge in [-0.1, -0.05) is 54.6 Å². The molecule has 1 aliphatic heterocycles. The average molecular weight is 588 g/mol. The highest BCUT2D eigenvalue weighted by atomic mass is 32.2. The number of sulfonamides is 1. The van der Waals surface area contributed by atoms with Crippen LogP contribution >= 0.6 is 0 Å². The van der Waals surface area contributed by atoms with Gasteiger partial charge in [0.25, 0.3) is 5.56 Å². The molecule has 1 aromatic heterocycles. The third-order valence-electron chi connectivity index (χ3n) is 7.92. The van der Waals surface area contributed by atoms with Crippen molar-refractivity contribution in [3.05, 3.63) is 113 Å². The van der Waals surface area contributed by atoms with Gasteiger partial charge in [0, 0.05) is 23.5 Å². The summed E-state index contributed by atoms with van der Waals surface area (Å²) in [6.07, 6.45) is 2.50. The monoisotopic (exact) mass is 587 g/mol. The van der Waals surface area contributed by atoms with Crippen LogP contribution in [0, 0.1) is 0 Å². The Kier molecular flexibility index (Phi) is 7.29. The van der Waals surface area contributed by atoms with Gasteiger partial charge < -0.3 is 14.8 Å². The molecule has 1 unspecified atom stereocenters. The van der Waals surface area contributed by atoms with Crippen molar-refractivity contribution in [3.63, 3.8) is 0 Å². The molecule has 1 N–H and O–H groups in total. The lowest BCUT2D eigenvalue weighted by Gasteiger charge is -2.28. The Labute approximate surface area is 242 Å². The van der Waals surface area contributed by atoms with E-state index in [1.807, 2.05) is 30.3 Å². The van der Waals surface area contributed by atoms with Crippen molar-refractivity contribution in [2.45, 2.75) is 49.1 Å². The molecule has 3 aromatic carbocycles. The van der Waals surface area contributed by atoms with Gasteiger partial charge in [-0.2, -0.15) is 4.31 Å². The van der Waals surface area contributed by atoms with Gasteiger partial charge in [0.2, 0.25) is 10.0 Å². The molecule has 1 amide bonds. The summed E-state index contributed by atoms with van der Waals surface area (Å²) in [7, 11) is -4.02. The Bertz CT molecular complexity index is 1800. The number of rotatable bonds is 8. The van der Waals surface area contributed by atoms with E-state index in [-0.39, 0.29) is 41.6 Å². The second-order valence-corrected chi connectivity index (χ2v) is 12.3. The number of esters is 1. The van der Waals surface area contributed by atoms with E-state index in [0.29, 0.717) is 24.8 Å². The molecule has 1 aliphatic carbocycles. The molecule has 216 valence electrons. The lowest BCUT2D eigenvalue weighted by Crippen LogP contribution is -2.48. The van der Waals surface area contributed by atoms with E-state index < -0.39 is 33.2 Å². The maximum absolute atomic E-state index is 14.0. The van der Waals surface area contributed by atoms with E-state index in [9.17, 15) is 22.8 Å². The number of nitrogens with one attached hydrogen (secondary N) is 1. The van der Waals surface area contributed by atoms with Crippen LogP contribution in [-0.2, 0) is 32.8 Å². The molecule has 0 bridgehead atoms. The normalized spacial score (nSPS) is 17.7. The zero-order chi connectivity index (χ0) is 29.3. The summed E-state index contributed by atoms with van der Waals surface area (Å²) in [5.74, 6) is -0.574. The first kappa shape index (κ1) is 27.7. The highest BCUT2D eigenvalue weighted by Crippen LogP contribution is 2.52. The molecule has 2 heterocycles. The molecule has 1 saturated carbocycles. The van der Waals surface area contributed by atoms with Gasteiger partial charge in [-0.05, 0) is 55.2 Å². The molecule has 2 aliphatic rings. The molecule has 6 rings (SSSR count). The molecule has 1 saturated heterocycles. The Morgan fingerprint density at radius 3 is 2.31 bits per heavy atom. The van der Waals surface area contributed by atoms with Gasteiger partial charge >= 0.3 is 12.1 Å². The second-order valence-electron chi connectivity index (χ2n) is 10.5. The first-order chi connectivity index (χ1) is 20.3. The molecule has 0 radical (unpaired) electrons. The van der Waals surface area contributed by atoms with Crippen LogP contribution in [0.25, 0.3) is 10.8 Å². The fraction of sp³-hybridized carbons (Fsp3) is 0.258. The molecule has 1 spiro atoms. The number of benzene rings is 3. The van der Waals surface area contributed by atoms with Crippen LogP contribution in [0.15, 0.2) is 101 Å². The van der Waals surface area contributed by atoms with Crippen LogP contribution in [0.5, 0.6) is 0 Å². The molecular weight excluding hydrogens is 558 g/mol. The zero-order valence-electron chi connectivity index (χ0n) is 22.6. The highest BCUT2D eigenvalue weighted by molar-refractivity contribution is 7.89. The largest absolute Gasteiger partial charge is 0.445 e. The predicted octanol–water partition coefficient (Wildman–Crippen LogP) is 4.04. The van der Waals surface area contributed by atoms with E-state index in [1.165, 1.54) is 27.2 Å². The van der Waals surface area contributed by atoms with Gasteiger partial charge in [-0.15, -0.1) is 0 Å². The van der Waals surface area contributed by atoms with Crippen LogP contribution in [0.3, 0.4) is 0 Å². The van der Waals surface area contributed by atoms with Crippen LogP contribution in [0.1, 0.15) is 35.2 Å². The fourth-order valence-corrected chi connectivity index (χ4v) is 7.71. The summed E-state index contributed by atoms with van der Waals surface area (Å²) in [5.41, 5.74) is 0.00645. The number of hydrogen-bond acceptors (Lipinski definition) is 7. The third kappa shape index (κ3) is 5.17. The zero-order valence-corrected chi connectivity index (χ0v) is 23.5. The maximum atomic E-state index is 14.0. The van der Waals surface area contributed by atoms with Crippen LogP contribution in [0.4, 0.5) is 4.79 Å². The number of pyridine rings is 1. The van der Waals surface area contributed by atoms with Crippen molar-refractivity contribution < 1.29 is 27.5 Å². The van der Waals surface area contributed by atoms with E-state index in [2.05, 4.69) is 5.32 Å². The first-order valence-electron chi connectivity index (χ1n) is 13.6. The molecule has 2 fully saturated rings. The molecule has 4 aromatic rings. The number of ether oxygens (including phenoxy) is 2. The van der Waals surface area contributed by atoms with Crippen molar-refractivity contribution in [1.29, 1.82) is 0 Å². The minimum Gasteiger partial charge on any atom is -0.445 e. The van der Waals surface area contributed by atoms with Gasteiger partial charge in [0.1, 0.15) is 6.61 Å². The average Bonchev–Trinajstić information content (AvgIpc) is 3.72. The Morgan fingerprint density at radius 2 is 1.60 bits per heavy atom. The first-order valence-corrected chi connectivity index (χ1v) is 15.1. The summed E-state index contributed by atoms with van der Waals surface area (Å²) in [6.45, 7) is 0.0324. The number of fused-ring (bicyclic) bond motifs is 1. The highest BCUT2D eigenvalue weighted by Gasteiger charge is 2.62. The quantitative estimate of drug-likeness (QED) is 0.309. The smallest absolute Gasteiger partial charge is 0.407 e. The standard InChI is InChI=1S/C31H29N3O7S/c35-28-25-12-7-13-26(24(25)14-18-33(28)21-41-29(36)23-10-5-2-6-11-23)42(38,39)34-19-15-27(31(34)16-17-31)32-30(37)40-20-22-8-3-1-4-9-22/h1-14,18,27H,15-17,19-21H2,(H,32,37). The molecule has 11 heteroatoms. The predicted molar refractivity (Wildman–Crippen MR) is 154 cm³/mol. The summed E-state index contributed by atoms with van der Waals surface area (Å²) in [5, 5.41) is 3.35. The van der Waals surface area contributed by atoms with Crippen molar-refractivity contribution >= 4 is 32.9 Å². The Morgan fingerprint density at radius 1 is 0.881 bits per heavy atom. The SMILES string of the molecule is O=C(NC1CCN(S(=O)(=O)c2cccc3c(=O)n(COC(=O)c4ccccc4)ccc23)C12CC2)OCc1ccccc1. The maximum Gasteiger partial charge on any atom is 0.407 e.